The molecule has 0 saturated heterocycles. The molecule has 0 amide bonds. The molecule has 0 aromatic carbocycles. The monoisotopic (exact) mass is 917 g/mol. The molecule has 0 aliphatic carbocycles. The van der Waals surface area contributed by atoms with Gasteiger partial charge in [-0.2, -0.15) is 0 Å². The van der Waals surface area contributed by atoms with E-state index in [0.717, 1.165) is 109 Å². The Bertz CT molecular complexity index is 1360. The summed E-state index contributed by atoms with van der Waals surface area (Å²) in [6.45, 7) is 4.24. The average molecular weight is 917 g/mol. The number of carbonyl (C=O) groups is 2. The van der Waals surface area contributed by atoms with Crippen LogP contribution in [0.5, 0.6) is 0 Å². The van der Waals surface area contributed by atoms with Crippen LogP contribution >= 0.6 is 7.82 Å². The van der Waals surface area contributed by atoms with Gasteiger partial charge in [-0.05, 0) is 83.5 Å². The molecule has 64 heavy (non-hydrogen) atoms. The molecule has 0 heterocycles. The lowest BCUT2D eigenvalue weighted by atomic mass is 10.0. The third kappa shape index (κ3) is 48.6. The summed E-state index contributed by atoms with van der Waals surface area (Å²) in [6, 6.07) is 0. The second-order valence-electron chi connectivity index (χ2n) is 17.8. The molecule has 0 aliphatic heterocycles. The van der Waals surface area contributed by atoms with Crippen molar-refractivity contribution >= 4 is 19.8 Å². The van der Waals surface area contributed by atoms with Gasteiger partial charge in [0.1, 0.15) is 19.8 Å². The molecule has 0 aromatic heterocycles. The van der Waals surface area contributed by atoms with Crippen LogP contribution < -0.4 is 0 Å². The van der Waals surface area contributed by atoms with Gasteiger partial charge in [-0.3, -0.25) is 18.6 Å². The molecule has 0 saturated carbocycles. The fourth-order valence-corrected chi connectivity index (χ4v) is 7.21. The summed E-state index contributed by atoms with van der Waals surface area (Å²) < 4.78 is 34.4. The molecule has 1 N–H and O–H groups in total. The molecule has 0 fully saturated rings. The van der Waals surface area contributed by atoms with Gasteiger partial charge in [-0.15, -0.1) is 0 Å². The summed E-state index contributed by atoms with van der Waals surface area (Å²) in [5.41, 5.74) is 0. The smallest absolute Gasteiger partial charge is 0.462 e. The quantitative estimate of drug-likeness (QED) is 0.0212. The normalized spacial score (nSPS) is 14.2. The number of ether oxygens (including phenoxy) is 2. The van der Waals surface area contributed by atoms with Crippen molar-refractivity contribution in [2.24, 2.45) is 0 Å². The van der Waals surface area contributed by atoms with Gasteiger partial charge in [-0.25, -0.2) is 4.57 Å². The Kier molecular flexibility index (Phi) is 43.4. The summed E-state index contributed by atoms with van der Waals surface area (Å²) in [5.74, 6) is -0.820. The fraction of sp³-hybridized carbons (Fsp3) is 0.704. The molecule has 0 aliphatic rings. The minimum Gasteiger partial charge on any atom is -0.462 e. The van der Waals surface area contributed by atoms with E-state index in [0.29, 0.717) is 17.4 Å². The van der Waals surface area contributed by atoms with Crippen LogP contribution in [0.4, 0.5) is 0 Å². The van der Waals surface area contributed by atoms with Gasteiger partial charge in [0.05, 0.1) is 27.7 Å². The standard InChI is InChI=1S/C54H94NO8P/c1-6-8-10-12-14-16-18-19-20-21-22-23-24-25-26-27-28-29-30-31-32-33-34-35-37-39-41-43-45-47-54(57)63-52(51-62-64(58,59)61-49-48-55(3,4)5)50-60-53(56)46-44-42-40-38-36-17-15-13-11-9-7-2/h8,10,13-16,19-20,22-23,25-26,28-29,52H,6-7,9,11-12,17-18,21,24,27,30-51H2,1-5H3/p+1/b10-8-,15-13-,16-14-,20-19-,23-22-,26-25-,29-28-. The van der Waals surface area contributed by atoms with Gasteiger partial charge in [0, 0.05) is 12.8 Å². The predicted octanol–water partition coefficient (Wildman–Crippen LogP) is 15.1. The van der Waals surface area contributed by atoms with E-state index in [1.165, 1.54) is 51.4 Å². The Morgan fingerprint density at radius 1 is 0.500 bits per heavy atom. The number of esters is 2. The van der Waals surface area contributed by atoms with Crippen LogP contribution in [0.25, 0.3) is 0 Å². The van der Waals surface area contributed by atoms with Crippen molar-refractivity contribution in [3.05, 3.63) is 85.1 Å². The number of phosphoric acid groups is 1. The number of carbonyl (C=O) groups excluding carboxylic acids is 2. The van der Waals surface area contributed by atoms with Crippen molar-refractivity contribution in [1.29, 1.82) is 0 Å². The van der Waals surface area contributed by atoms with E-state index >= 15 is 0 Å². The maximum atomic E-state index is 12.7. The van der Waals surface area contributed by atoms with Crippen molar-refractivity contribution in [2.45, 2.75) is 200 Å². The SMILES string of the molecule is CC/C=C\C/C=C\C/C=C\C/C=C\C/C=C\C/C=C\CCCCCCCCCCCCC(=O)OC(COC(=O)CCCCCCC/C=C\CCCC)COP(=O)(O)OCC[N+](C)(C)C. The van der Waals surface area contributed by atoms with E-state index in [4.69, 9.17) is 18.5 Å². The number of rotatable bonds is 45. The first-order valence-electron chi connectivity index (χ1n) is 25.3. The zero-order valence-corrected chi connectivity index (χ0v) is 42.4. The lowest BCUT2D eigenvalue weighted by Gasteiger charge is -2.24. The number of quaternary nitrogens is 1. The van der Waals surface area contributed by atoms with Crippen molar-refractivity contribution in [3.8, 4) is 0 Å². The van der Waals surface area contributed by atoms with Gasteiger partial charge >= 0.3 is 19.8 Å². The van der Waals surface area contributed by atoms with Crippen molar-refractivity contribution in [2.75, 3.05) is 47.5 Å². The summed E-state index contributed by atoms with van der Waals surface area (Å²) in [7, 11) is 1.46. The van der Waals surface area contributed by atoms with Crippen LogP contribution in [0.15, 0.2) is 85.1 Å². The lowest BCUT2D eigenvalue weighted by Crippen LogP contribution is -2.37. The highest BCUT2D eigenvalue weighted by atomic mass is 31.2. The first kappa shape index (κ1) is 61.2. The highest BCUT2D eigenvalue weighted by Gasteiger charge is 2.27. The highest BCUT2D eigenvalue weighted by molar-refractivity contribution is 7.47. The van der Waals surface area contributed by atoms with Crippen LogP contribution in [0.3, 0.4) is 0 Å². The van der Waals surface area contributed by atoms with Gasteiger partial charge < -0.3 is 18.9 Å². The van der Waals surface area contributed by atoms with Crippen molar-refractivity contribution < 1.29 is 42.1 Å². The van der Waals surface area contributed by atoms with E-state index in [2.05, 4.69) is 98.9 Å². The van der Waals surface area contributed by atoms with E-state index in [-0.39, 0.29) is 32.0 Å². The largest absolute Gasteiger partial charge is 0.472 e. The molecule has 0 aromatic rings. The summed E-state index contributed by atoms with van der Waals surface area (Å²) in [5, 5.41) is 0. The Balaban J connectivity index is 4.18. The molecule has 10 heteroatoms. The first-order chi connectivity index (χ1) is 31.0. The molecule has 9 nitrogen and oxygen atoms in total. The van der Waals surface area contributed by atoms with Gasteiger partial charge in [-0.1, -0.05) is 182 Å². The zero-order chi connectivity index (χ0) is 47.1. The second-order valence-corrected chi connectivity index (χ2v) is 19.3. The van der Waals surface area contributed by atoms with Crippen LogP contribution in [-0.2, 0) is 32.7 Å². The Morgan fingerprint density at radius 2 is 0.891 bits per heavy atom. The Morgan fingerprint density at radius 3 is 1.34 bits per heavy atom. The maximum absolute atomic E-state index is 12.7. The molecule has 0 radical (unpaired) electrons. The van der Waals surface area contributed by atoms with Crippen LogP contribution in [-0.4, -0.2) is 74.9 Å². The summed E-state index contributed by atoms with van der Waals surface area (Å²) >= 11 is 0. The molecule has 0 bridgehead atoms. The number of hydrogen-bond acceptors (Lipinski definition) is 7. The molecular formula is C54H95NO8P+. The Labute approximate surface area is 392 Å². The summed E-state index contributed by atoms with van der Waals surface area (Å²) in [6.07, 6.45) is 59.3. The molecule has 2 unspecified atom stereocenters. The minimum absolute atomic E-state index is 0.0259. The lowest BCUT2D eigenvalue weighted by molar-refractivity contribution is -0.870. The molecule has 2 atom stereocenters. The van der Waals surface area contributed by atoms with E-state index in [9.17, 15) is 19.0 Å². The van der Waals surface area contributed by atoms with Crippen LogP contribution in [0.1, 0.15) is 194 Å². The number of allylic oxidation sites excluding steroid dienone is 14. The second kappa shape index (κ2) is 45.4. The minimum atomic E-state index is -4.38. The van der Waals surface area contributed by atoms with Crippen LogP contribution in [0.2, 0.25) is 0 Å². The number of nitrogens with zero attached hydrogens (tertiary/aromatic N) is 1. The molecule has 368 valence electrons. The van der Waals surface area contributed by atoms with Gasteiger partial charge in [0.2, 0.25) is 0 Å². The molecular weight excluding hydrogens is 822 g/mol. The number of unbranched alkanes of at least 4 members (excludes halogenated alkanes) is 17. The highest BCUT2D eigenvalue weighted by Crippen LogP contribution is 2.43. The summed E-state index contributed by atoms with van der Waals surface area (Å²) in [4.78, 5) is 35.4. The number of phosphoric ester groups is 1. The number of hydrogen-bond donors (Lipinski definition) is 1. The first-order valence-corrected chi connectivity index (χ1v) is 26.8. The third-order valence-electron chi connectivity index (χ3n) is 10.4. The van der Waals surface area contributed by atoms with Gasteiger partial charge in [0.25, 0.3) is 0 Å². The molecule has 0 rings (SSSR count). The van der Waals surface area contributed by atoms with Crippen molar-refractivity contribution in [3.63, 3.8) is 0 Å². The predicted molar refractivity (Wildman–Crippen MR) is 270 cm³/mol. The fourth-order valence-electron chi connectivity index (χ4n) is 6.47. The third-order valence-corrected chi connectivity index (χ3v) is 11.4. The van der Waals surface area contributed by atoms with Gasteiger partial charge in [0.15, 0.2) is 6.10 Å². The van der Waals surface area contributed by atoms with E-state index in [1.54, 1.807) is 0 Å². The average Bonchev–Trinajstić information content (AvgIpc) is 3.25. The molecule has 0 spiro atoms. The van der Waals surface area contributed by atoms with E-state index < -0.39 is 26.5 Å². The van der Waals surface area contributed by atoms with Crippen molar-refractivity contribution in [1.82, 2.24) is 0 Å². The van der Waals surface area contributed by atoms with Crippen LogP contribution in [0, 0.1) is 0 Å². The topological polar surface area (TPSA) is 108 Å². The number of likely N-dealkylation sites (N-methyl/N-ethyl adjacent to an activating group) is 1. The van der Waals surface area contributed by atoms with E-state index in [1.807, 2.05) is 21.1 Å². The maximum Gasteiger partial charge on any atom is 0.472 e. The Hall–Kier alpha value is -2.81. The zero-order valence-electron chi connectivity index (χ0n) is 41.5.